The Morgan fingerprint density at radius 1 is 1.15 bits per heavy atom. The minimum Gasteiger partial charge on any atom is -0.493 e. The van der Waals surface area contributed by atoms with Crippen molar-refractivity contribution in [2.75, 3.05) is 23.9 Å². The summed E-state index contributed by atoms with van der Waals surface area (Å²) in [7, 11) is -3.08. The Hall–Kier alpha value is -3.85. The Kier molecular flexibility index (Phi) is 7.59. The Balaban J connectivity index is 1.43. The largest absolute Gasteiger partial charge is 0.493 e. The molecule has 2 N–H and O–H groups in total. The summed E-state index contributed by atoms with van der Waals surface area (Å²) in [5.41, 5.74) is 7.74. The van der Waals surface area contributed by atoms with Crippen molar-refractivity contribution in [3.63, 3.8) is 0 Å². The lowest BCUT2D eigenvalue weighted by molar-refractivity contribution is -0.137. The number of hydrogen-bond donors (Lipinski definition) is 2. The third-order valence-corrected chi connectivity index (χ3v) is 8.73. The van der Waals surface area contributed by atoms with Crippen molar-refractivity contribution in [1.29, 1.82) is 0 Å². The first-order chi connectivity index (χ1) is 19.0. The molecule has 0 unspecified atom stereocenters. The van der Waals surface area contributed by atoms with Gasteiger partial charge in [0.1, 0.15) is 21.4 Å². The van der Waals surface area contributed by atoms with Gasteiger partial charge in [-0.3, -0.25) is 4.79 Å². The number of rotatable bonds is 10. The molecule has 1 aliphatic heterocycles. The number of carboxylic acid groups (broad SMARTS) is 1. The van der Waals surface area contributed by atoms with Crippen molar-refractivity contribution >= 4 is 32.4 Å². The summed E-state index contributed by atoms with van der Waals surface area (Å²) in [5.74, 6) is -0.488. The zero-order chi connectivity index (χ0) is 28.6. The Morgan fingerprint density at radius 3 is 2.70 bits per heavy atom. The monoisotopic (exact) mass is 564 g/mol. The molecule has 5 rings (SSSR count). The Bertz CT molecular complexity index is 1710. The minimum absolute atomic E-state index is 0.0448. The second-order valence-corrected chi connectivity index (χ2v) is 12.8. The van der Waals surface area contributed by atoms with Crippen LogP contribution < -0.4 is 10.1 Å². The van der Waals surface area contributed by atoms with Crippen LogP contribution in [0.15, 0.2) is 54.6 Å². The topological polar surface area (TPSA) is 97.6 Å². The third-order valence-electron chi connectivity index (χ3n) is 7.69. The molecule has 2 heterocycles. The highest BCUT2D eigenvalue weighted by molar-refractivity contribution is 7.90. The van der Waals surface area contributed by atoms with E-state index in [0.717, 1.165) is 50.1 Å². The van der Waals surface area contributed by atoms with Crippen molar-refractivity contribution in [2.45, 2.75) is 45.7 Å². The highest BCUT2D eigenvalue weighted by Crippen LogP contribution is 2.39. The third kappa shape index (κ3) is 5.70. The fourth-order valence-corrected chi connectivity index (χ4v) is 6.33. The number of nitrogens with one attached hydrogen (secondary N) is 1. The number of aromatic nitrogens is 1. The van der Waals surface area contributed by atoms with Crippen LogP contribution in [0.3, 0.4) is 0 Å². The van der Waals surface area contributed by atoms with Gasteiger partial charge in [-0.2, -0.15) is 0 Å². The van der Waals surface area contributed by atoms with E-state index in [9.17, 15) is 17.6 Å². The number of aliphatic carboxylic acids is 1. The number of hydrogen-bond acceptors (Lipinski definition) is 5. The number of nitrogens with zero attached hydrogens (tertiary/aromatic N) is 1. The first kappa shape index (κ1) is 27.7. The van der Waals surface area contributed by atoms with Gasteiger partial charge in [-0.1, -0.05) is 24.3 Å². The molecule has 4 aromatic rings. The van der Waals surface area contributed by atoms with E-state index in [2.05, 4.69) is 22.9 Å². The van der Waals surface area contributed by atoms with Crippen molar-refractivity contribution in [2.24, 2.45) is 0 Å². The van der Waals surface area contributed by atoms with Crippen LogP contribution in [0.1, 0.15) is 41.1 Å². The zero-order valence-corrected chi connectivity index (χ0v) is 23.6. The lowest BCUT2D eigenvalue weighted by Gasteiger charge is -2.15. The lowest BCUT2D eigenvalue weighted by atomic mass is 9.94. The molecule has 0 aliphatic carbocycles. The molecular weight excluding hydrogens is 531 g/mol. The van der Waals surface area contributed by atoms with Gasteiger partial charge in [0.05, 0.1) is 18.8 Å². The second-order valence-electron chi connectivity index (χ2n) is 10.6. The van der Waals surface area contributed by atoms with E-state index in [4.69, 9.17) is 9.84 Å². The summed E-state index contributed by atoms with van der Waals surface area (Å²) in [5, 5.41) is 13.4. The molecule has 40 heavy (non-hydrogen) atoms. The van der Waals surface area contributed by atoms with Crippen molar-refractivity contribution < 1.29 is 27.4 Å². The van der Waals surface area contributed by atoms with E-state index in [-0.39, 0.29) is 23.9 Å². The van der Waals surface area contributed by atoms with Crippen LogP contribution in [0.5, 0.6) is 5.75 Å². The van der Waals surface area contributed by atoms with Crippen LogP contribution >= 0.6 is 0 Å². The molecule has 0 saturated carbocycles. The standard InChI is InChI=1S/C31H33FN2O5S/c1-19-21(17-33-24-9-10-26-22(14-30(35)36)18-39-29(26)16-24)6-4-7-25(19)31-20(2)34(12-5-13-40(3,37)38)28-11-8-23(32)15-27(28)31/h4,6-11,15-16,22,33H,5,12-14,17-18H2,1-3H3,(H,35,36)/t22-/m1/s1. The predicted octanol–water partition coefficient (Wildman–Crippen LogP) is 6.06. The van der Waals surface area contributed by atoms with Crippen molar-refractivity contribution in [3.8, 4) is 16.9 Å². The van der Waals surface area contributed by atoms with E-state index in [1.165, 1.54) is 12.3 Å². The van der Waals surface area contributed by atoms with Gasteiger partial charge in [-0.05, 0) is 61.2 Å². The fraction of sp³-hybridized carbons (Fsp3) is 0.323. The number of halogens is 1. The molecule has 9 heteroatoms. The number of fused-ring (bicyclic) bond motifs is 2. The molecule has 0 radical (unpaired) electrons. The maximum absolute atomic E-state index is 14.4. The molecule has 0 saturated heterocycles. The Morgan fingerprint density at radius 2 is 1.95 bits per heavy atom. The van der Waals surface area contributed by atoms with Crippen LogP contribution in [-0.2, 0) is 27.7 Å². The normalized spacial score (nSPS) is 14.8. The number of ether oxygens (including phenoxy) is 1. The smallest absolute Gasteiger partial charge is 0.304 e. The average Bonchev–Trinajstić information content (AvgIpc) is 3.39. The van der Waals surface area contributed by atoms with Crippen molar-refractivity contribution in [3.05, 3.63) is 82.8 Å². The van der Waals surface area contributed by atoms with E-state index in [1.807, 2.05) is 37.3 Å². The molecule has 1 aliphatic rings. The lowest BCUT2D eigenvalue weighted by Crippen LogP contribution is -2.08. The van der Waals surface area contributed by atoms with Gasteiger partial charge in [-0.15, -0.1) is 0 Å². The van der Waals surface area contributed by atoms with E-state index < -0.39 is 15.8 Å². The molecule has 7 nitrogen and oxygen atoms in total. The molecule has 0 spiro atoms. The van der Waals surface area contributed by atoms with Crippen LogP contribution in [0, 0.1) is 19.7 Å². The molecule has 0 bridgehead atoms. The Labute approximate surface area is 233 Å². The minimum atomic E-state index is -3.08. The highest BCUT2D eigenvalue weighted by Gasteiger charge is 2.26. The number of benzene rings is 3. The molecule has 1 aromatic heterocycles. The quantitative estimate of drug-likeness (QED) is 0.243. The van der Waals surface area contributed by atoms with Gasteiger partial charge in [0, 0.05) is 64.7 Å². The van der Waals surface area contributed by atoms with Gasteiger partial charge in [0.2, 0.25) is 0 Å². The summed E-state index contributed by atoms with van der Waals surface area (Å²) in [6, 6.07) is 16.6. The first-order valence-electron chi connectivity index (χ1n) is 13.3. The molecular formula is C31H33FN2O5S. The SMILES string of the molecule is Cc1c(CNc2ccc3c(c2)OC[C@H]3CC(=O)O)cccc1-c1c(C)n(CCCS(C)(=O)=O)c2ccc(F)cc12. The number of sulfone groups is 1. The number of carbonyl (C=O) groups is 1. The van der Waals surface area contributed by atoms with Gasteiger partial charge in [-0.25, -0.2) is 12.8 Å². The number of carboxylic acids is 1. The summed E-state index contributed by atoms with van der Waals surface area (Å²) in [4.78, 5) is 11.1. The molecule has 210 valence electrons. The summed E-state index contributed by atoms with van der Waals surface area (Å²) >= 11 is 0. The van der Waals surface area contributed by atoms with Crippen molar-refractivity contribution in [1.82, 2.24) is 4.57 Å². The molecule has 0 fully saturated rings. The van der Waals surface area contributed by atoms with Gasteiger partial charge >= 0.3 is 5.97 Å². The summed E-state index contributed by atoms with van der Waals surface area (Å²) in [6.07, 6.45) is 1.76. The summed E-state index contributed by atoms with van der Waals surface area (Å²) < 4.78 is 45.7. The zero-order valence-electron chi connectivity index (χ0n) is 22.8. The van der Waals surface area contributed by atoms with E-state index >= 15 is 0 Å². The van der Waals surface area contributed by atoms with Crippen LogP contribution in [0.2, 0.25) is 0 Å². The van der Waals surface area contributed by atoms with Gasteiger partial charge < -0.3 is 19.7 Å². The predicted molar refractivity (Wildman–Crippen MR) is 155 cm³/mol. The van der Waals surface area contributed by atoms with E-state index in [1.54, 1.807) is 12.1 Å². The number of anilines is 1. The maximum Gasteiger partial charge on any atom is 0.304 e. The van der Waals surface area contributed by atoms with Crippen LogP contribution in [-0.4, -0.2) is 42.7 Å². The summed E-state index contributed by atoms with van der Waals surface area (Å²) in [6.45, 7) is 5.50. The first-order valence-corrected chi connectivity index (χ1v) is 15.3. The van der Waals surface area contributed by atoms with Crippen LogP contribution in [0.25, 0.3) is 22.0 Å². The van der Waals surface area contributed by atoms with Crippen LogP contribution in [0.4, 0.5) is 10.1 Å². The van der Waals surface area contributed by atoms with E-state index in [0.29, 0.717) is 31.9 Å². The maximum atomic E-state index is 14.4. The molecule has 1 atom stereocenters. The van der Waals surface area contributed by atoms with Gasteiger partial charge in [0.15, 0.2) is 0 Å². The highest BCUT2D eigenvalue weighted by atomic mass is 32.2. The fourth-order valence-electron chi connectivity index (χ4n) is 5.68. The second kappa shape index (κ2) is 11.0. The average molecular weight is 565 g/mol. The molecule has 3 aromatic carbocycles. The number of aryl methyl sites for hydroxylation is 1. The molecule has 0 amide bonds. The van der Waals surface area contributed by atoms with Gasteiger partial charge in [0.25, 0.3) is 0 Å².